The van der Waals surface area contributed by atoms with Gasteiger partial charge in [0.2, 0.25) is 0 Å². The normalized spacial score (nSPS) is 10.0. The Kier molecular flexibility index (Phi) is 4.84. The Morgan fingerprint density at radius 3 is 3.07 bits per heavy atom. The number of hydrogen-bond acceptors (Lipinski definition) is 3. The van der Waals surface area contributed by atoms with E-state index < -0.39 is 0 Å². The summed E-state index contributed by atoms with van der Waals surface area (Å²) in [7, 11) is 2.08. The zero-order valence-electron chi connectivity index (χ0n) is 9.32. The summed E-state index contributed by atoms with van der Waals surface area (Å²) in [5.41, 5.74) is 7.66. The van der Waals surface area contributed by atoms with Crippen LogP contribution in [0.3, 0.4) is 0 Å². The van der Waals surface area contributed by atoms with E-state index in [9.17, 15) is 0 Å². The number of allylic oxidation sites excluding steroid dienone is 1. The second-order valence-corrected chi connectivity index (χ2v) is 3.56. The van der Waals surface area contributed by atoms with E-state index in [-0.39, 0.29) is 0 Å². The van der Waals surface area contributed by atoms with Crippen LogP contribution in [-0.2, 0) is 6.54 Å². The first-order valence-corrected chi connectivity index (χ1v) is 5.25. The summed E-state index contributed by atoms with van der Waals surface area (Å²) in [5, 5.41) is 0. The Hall–Kier alpha value is -1.35. The van der Waals surface area contributed by atoms with Crippen LogP contribution in [0.1, 0.15) is 18.5 Å². The molecule has 0 saturated carbocycles. The zero-order valence-corrected chi connectivity index (χ0v) is 9.32. The third-order valence-corrected chi connectivity index (χ3v) is 2.35. The molecule has 0 amide bonds. The molecule has 3 heteroatoms. The predicted molar refractivity (Wildman–Crippen MR) is 64.8 cm³/mol. The van der Waals surface area contributed by atoms with Gasteiger partial charge in [0.15, 0.2) is 0 Å². The van der Waals surface area contributed by atoms with Gasteiger partial charge in [0, 0.05) is 32.0 Å². The van der Waals surface area contributed by atoms with Crippen LogP contribution in [0.15, 0.2) is 31.0 Å². The van der Waals surface area contributed by atoms with Gasteiger partial charge in [-0.3, -0.25) is 4.98 Å². The van der Waals surface area contributed by atoms with Crippen molar-refractivity contribution in [3.8, 4) is 0 Å². The molecule has 2 N–H and O–H groups in total. The minimum atomic E-state index is 0.494. The largest absolute Gasteiger partial charge is 0.374 e. The molecule has 0 aliphatic heterocycles. The molecular formula is C12H19N3. The molecule has 0 aliphatic carbocycles. The van der Waals surface area contributed by atoms with Gasteiger partial charge < -0.3 is 10.6 Å². The predicted octanol–water partition coefficient (Wildman–Crippen LogP) is 1.94. The maximum absolute atomic E-state index is 5.55. The molecular weight excluding hydrogens is 186 g/mol. The fourth-order valence-electron chi connectivity index (χ4n) is 1.42. The Morgan fingerprint density at radius 2 is 2.40 bits per heavy atom. The molecule has 82 valence electrons. The van der Waals surface area contributed by atoms with Crippen molar-refractivity contribution in [3.05, 3.63) is 36.7 Å². The van der Waals surface area contributed by atoms with Crippen molar-refractivity contribution in [1.29, 1.82) is 0 Å². The number of aromatic nitrogens is 1. The molecule has 0 aliphatic rings. The van der Waals surface area contributed by atoms with E-state index in [4.69, 9.17) is 5.73 Å². The molecule has 0 saturated heterocycles. The zero-order chi connectivity index (χ0) is 11.1. The maximum Gasteiger partial charge on any atom is 0.0560 e. The Labute approximate surface area is 91.6 Å². The Morgan fingerprint density at radius 1 is 1.60 bits per heavy atom. The summed E-state index contributed by atoms with van der Waals surface area (Å²) in [6.07, 6.45) is 5.94. The summed E-state index contributed by atoms with van der Waals surface area (Å²) >= 11 is 0. The van der Waals surface area contributed by atoms with Gasteiger partial charge in [-0.05, 0) is 25.0 Å². The number of unbranched alkanes of at least 4 members (excludes halogenated alkanes) is 1. The molecule has 1 rings (SSSR count). The number of anilines is 1. The quantitative estimate of drug-likeness (QED) is 0.570. The van der Waals surface area contributed by atoms with Crippen molar-refractivity contribution < 1.29 is 0 Å². The summed E-state index contributed by atoms with van der Waals surface area (Å²) in [6, 6.07) is 4.04. The van der Waals surface area contributed by atoms with E-state index in [0.29, 0.717) is 6.54 Å². The van der Waals surface area contributed by atoms with Crippen LogP contribution >= 0.6 is 0 Å². The maximum atomic E-state index is 5.55. The molecule has 15 heavy (non-hydrogen) atoms. The third kappa shape index (κ3) is 3.72. The molecule has 1 heterocycles. The second-order valence-electron chi connectivity index (χ2n) is 3.56. The molecule has 1 aromatic heterocycles. The van der Waals surface area contributed by atoms with Crippen LogP contribution in [0.4, 0.5) is 5.69 Å². The van der Waals surface area contributed by atoms with Gasteiger partial charge in [0.1, 0.15) is 0 Å². The van der Waals surface area contributed by atoms with Gasteiger partial charge in [0.05, 0.1) is 5.69 Å². The van der Waals surface area contributed by atoms with Crippen LogP contribution < -0.4 is 10.6 Å². The SMILES string of the molecule is C=CCCCN(C)c1ccnc(CN)c1. The van der Waals surface area contributed by atoms with E-state index in [0.717, 1.165) is 25.1 Å². The second kappa shape index (κ2) is 6.19. The molecule has 3 nitrogen and oxygen atoms in total. The van der Waals surface area contributed by atoms with Crippen molar-refractivity contribution in [2.45, 2.75) is 19.4 Å². The monoisotopic (exact) mass is 205 g/mol. The van der Waals surface area contributed by atoms with Crippen molar-refractivity contribution in [3.63, 3.8) is 0 Å². The van der Waals surface area contributed by atoms with E-state index in [1.807, 2.05) is 24.4 Å². The van der Waals surface area contributed by atoms with E-state index in [2.05, 4.69) is 23.5 Å². The first kappa shape index (κ1) is 11.7. The van der Waals surface area contributed by atoms with Gasteiger partial charge in [0.25, 0.3) is 0 Å². The smallest absolute Gasteiger partial charge is 0.0560 e. The fourth-order valence-corrected chi connectivity index (χ4v) is 1.42. The van der Waals surface area contributed by atoms with E-state index in [1.165, 1.54) is 5.69 Å². The molecule has 0 atom stereocenters. The van der Waals surface area contributed by atoms with Crippen molar-refractivity contribution >= 4 is 5.69 Å². The van der Waals surface area contributed by atoms with Gasteiger partial charge in [-0.15, -0.1) is 6.58 Å². The highest BCUT2D eigenvalue weighted by Crippen LogP contribution is 2.13. The van der Waals surface area contributed by atoms with Crippen LogP contribution in [0.5, 0.6) is 0 Å². The first-order chi connectivity index (χ1) is 7.27. The number of rotatable bonds is 6. The molecule has 0 spiro atoms. The minimum absolute atomic E-state index is 0.494. The van der Waals surface area contributed by atoms with Gasteiger partial charge >= 0.3 is 0 Å². The van der Waals surface area contributed by atoms with Gasteiger partial charge in [-0.25, -0.2) is 0 Å². The molecule has 0 aromatic carbocycles. The number of pyridine rings is 1. The highest BCUT2D eigenvalue weighted by molar-refractivity contribution is 5.45. The fraction of sp³-hybridized carbons (Fsp3) is 0.417. The summed E-state index contributed by atoms with van der Waals surface area (Å²) < 4.78 is 0. The summed E-state index contributed by atoms with van der Waals surface area (Å²) in [5.74, 6) is 0. The van der Waals surface area contributed by atoms with E-state index in [1.54, 1.807) is 0 Å². The lowest BCUT2D eigenvalue weighted by atomic mass is 10.2. The molecule has 0 unspecified atom stereocenters. The Bertz CT molecular complexity index is 309. The van der Waals surface area contributed by atoms with Crippen LogP contribution in [0, 0.1) is 0 Å². The molecule has 0 bridgehead atoms. The van der Waals surface area contributed by atoms with Crippen molar-refractivity contribution in [2.24, 2.45) is 5.73 Å². The van der Waals surface area contributed by atoms with Crippen molar-refractivity contribution in [2.75, 3.05) is 18.5 Å². The van der Waals surface area contributed by atoms with E-state index >= 15 is 0 Å². The topological polar surface area (TPSA) is 42.2 Å². The lowest BCUT2D eigenvalue weighted by Gasteiger charge is -2.19. The summed E-state index contributed by atoms with van der Waals surface area (Å²) in [6.45, 7) is 5.23. The van der Waals surface area contributed by atoms with Crippen LogP contribution in [0.2, 0.25) is 0 Å². The third-order valence-electron chi connectivity index (χ3n) is 2.35. The Balaban J connectivity index is 2.56. The highest BCUT2D eigenvalue weighted by atomic mass is 15.1. The molecule has 0 radical (unpaired) electrons. The number of nitrogens with zero attached hydrogens (tertiary/aromatic N) is 2. The highest BCUT2D eigenvalue weighted by Gasteiger charge is 2.01. The van der Waals surface area contributed by atoms with Crippen LogP contribution in [0.25, 0.3) is 0 Å². The number of hydrogen-bond donors (Lipinski definition) is 1. The minimum Gasteiger partial charge on any atom is -0.374 e. The lowest BCUT2D eigenvalue weighted by molar-refractivity contribution is 0.799. The summed E-state index contributed by atoms with van der Waals surface area (Å²) in [4.78, 5) is 6.38. The van der Waals surface area contributed by atoms with Crippen LogP contribution in [-0.4, -0.2) is 18.6 Å². The lowest BCUT2D eigenvalue weighted by Crippen LogP contribution is -2.18. The molecule has 0 fully saturated rings. The number of nitrogens with two attached hydrogens (primary N) is 1. The van der Waals surface area contributed by atoms with Crippen molar-refractivity contribution in [1.82, 2.24) is 4.98 Å². The van der Waals surface area contributed by atoms with Gasteiger partial charge in [-0.1, -0.05) is 6.08 Å². The molecule has 1 aromatic rings. The first-order valence-electron chi connectivity index (χ1n) is 5.25. The van der Waals surface area contributed by atoms with Gasteiger partial charge in [-0.2, -0.15) is 0 Å². The average Bonchev–Trinajstić information content (AvgIpc) is 2.29. The standard InChI is InChI=1S/C12H19N3/c1-3-4-5-8-15(2)12-6-7-14-11(9-12)10-13/h3,6-7,9H,1,4-5,8,10,13H2,2H3. The average molecular weight is 205 g/mol.